The van der Waals surface area contributed by atoms with Gasteiger partial charge in [0.05, 0.1) is 0 Å². The third-order valence-electron chi connectivity index (χ3n) is 10.4. The van der Waals surface area contributed by atoms with Gasteiger partial charge in [-0.3, -0.25) is 0 Å². The van der Waals surface area contributed by atoms with E-state index in [1.54, 1.807) is 0 Å². The highest BCUT2D eigenvalue weighted by molar-refractivity contribution is 6.27. The van der Waals surface area contributed by atoms with Crippen molar-refractivity contribution in [2.24, 2.45) is 0 Å². The summed E-state index contributed by atoms with van der Waals surface area (Å²) >= 11 is 0. The number of aromatic nitrogens is 3. The number of nitrogens with zero attached hydrogens (tertiary/aromatic N) is 3. The van der Waals surface area contributed by atoms with Gasteiger partial charge in [-0.25, -0.2) is 15.0 Å². The third-order valence-corrected chi connectivity index (χ3v) is 10.4. The largest absolute Gasteiger partial charge is 0.455 e. The summed E-state index contributed by atoms with van der Waals surface area (Å²) in [6.45, 7) is 0. The fourth-order valence-electron chi connectivity index (χ4n) is 7.82. The zero-order valence-electron chi connectivity index (χ0n) is 28.5. The highest BCUT2D eigenvalue weighted by atomic mass is 16.3. The van der Waals surface area contributed by atoms with E-state index >= 15 is 0 Å². The Hall–Kier alpha value is -7.17. The van der Waals surface area contributed by atoms with Crippen LogP contribution in [0.1, 0.15) is 0 Å². The highest BCUT2D eigenvalue weighted by Crippen LogP contribution is 2.44. The Balaban J connectivity index is 1.21. The van der Waals surface area contributed by atoms with E-state index < -0.39 is 0 Å². The Morgan fingerprint density at radius 2 is 0.868 bits per heavy atom. The van der Waals surface area contributed by atoms with Gasteiger partial charge >= 0.3 is 0 Å². The first-order valence-corrected chi connectivity index (χ1v) is 17.8. The van der Waals surface area contributed by atoms with Gasteiger partial charge in [-0.15, -0.1) is 0 Å². The van der Waals surface area contributed by atoms with Gasteiger partial charge in [0.15, 0.2) is 17.5 Å². The third kappa shape index (κ3) is 4.88. The van der Waals surface area contributed by atoms with Crippen molar-refractivity contribution in [2.45, 2.75) is 0 Å². The first kappa shape index (κ1) is 29.5. The molecule has 246 valence electrons. The van der Waals surface area contributed by atoms with E-state index in [-0.39, 0.29) is 0 Å². The quantitative estimate of drug-likeness (QED) is 0.174. The first-order chi connectivity index (χ1) is 26.2. The van der Waals surface area contributed by atoms with Crippen LogP contribution in [-0.2, 0) is 0 Å². The number of furan rings is 1. The minimum atomic E-state index is 0.598. The molecule has 53 heavy (non-hydrogen) atoms. The van der Waals surface area contributed by atoms with Crippen LogP contribution in [0.15, 0.2) is 180 Å². The minimum Gasteiger partial charge on any atom is -0.455 e. The molecule has 4 nitrogen and oxygen atoms in total. The van der Waals surface area contributed by atoms with Gasteiger partial charge in [0.1, 0.15) is 11.2 Å². The molecule has 0 N–H and O–H groups in total. The lowest BCUT2D eigenvalue weighted by Gasteiger charge is -2.12. The molecule has 0 atom stereocenters. The van der Waals surface area contributed by atoms with Gasteiger partial charge in [-0.1, -0.05) is 152 Å². The lowest BCUT2D eigenvalue weighted by molar-refractivity contribution is 0.673. The van der Waals surface area contributed by atoms with Crippen LogP contribution in [-0.4, -0.2) is 15.0 Å². The Bertz CT molecular complexity index is 3220. The number of benzene rings is 9. The average molecular weight is 676 g/mol. The summed E-state index contributed by atoms with van der Waals surface area (Å²) in [6, 6.07) is 61.6. The second-order valence-electron chi connectivity index (χ2n) is 13.6. The molecule has 0 unspecified atom stereocenters. The van der Waals surface area contributed by atoms with E-state index in [4.69, 9.17) is 19.4 Å². The molecule has 11 aromatic rings. The van der Waals surface area contributed by atoms with Gasteiger partial charge < -0.3 is 4.42 Å². The Morgan fingerprint density at radius 3 is 1.66 bits per heavy atom. The van der Waals surface area contributed by atoms with Crippen LogP contribution in [0.25, 0.3) is 110 Å². The standard InChI is InChI=1S/C49H29N3O/c1-2-10-30(11-3-1)32-18-22-34(23-19-32)47-50-48(39-25-20-31-12-4-5-14-35(31)26-39)52-49(51-47)42-28-38-24-21-33-13-8-9-17-40(33)44(38)46-45(42)41-27-36-15-6-7-16-37(36)29-43(41)53-46/h1-29H. The van der Waals surface area contributed by atoms with Gasteiger partial charge in [0.2, 0.25) is 0 Å². The molecule has 2 heterocycles. The topological polar surface area (TPSA) is 51.8 Å². The zero-order valence-corrected chi connectivity index (χ0v) is 28.5. The summed E-state index contributed by atoms with van der Waals surface area (Å²) in [6.07, 6.45) is 0. The SMILES string of the molecule is c1ccc(-c2ccc(-c3nc(-c4ccc5ccccc5c4)nc(-c4cc5ccc6ccccc6c5c5oc6cc7ccccc7cc6c45)n3)cc2)cc1. The van der Waals surface area contributed by atoms with E-state index in [1.807, 2.05) is 6.07 Å². The summed E-state index contributed by atoms with van der Waals surface area (Å²) in [7, 11) is 0. The molecule has 2 aromatic heterocycles. The molecule has 0 saturated carbocycles. The van der Waals surface area contributed by atoms with Crippen LogP contribution in [0, 0.1) is 0 Å². The summed E-state index contributed by atoms with van der Waals surface area (Å²) in [5.74, 6) is 1.83. The van der Waals surface area contributed by atoms with Gasteiger partial charge in [0, 0.05) is 32.8 Å². The monoisotopic (exact) mass is 675 g/mol. The zero-order chi connectivity index (χ0) is 34.9. The van der Waals surface area contributed by atoms with Crippen LogP contribution in [0.2, 0.25) is 0 Å². The summed E-state index contributed by atoms with van der Waals surface area (Å²) in [5.41, 5.74) is 6.73. The molecular weight excluding hydrogens is 647 g/mol. The summed E-state index contributed by atoms with van der Waals surface area (Å²) in [5, 5.41) is 11.1. The predicted molar refractivity (Wildman–Crippen MR) is 219 cm³/mol. The molecule has 0 fully saturated rings. The Kier molecular flexibility index (Phi) is 6.52. The summed E-state index contributed by atoms with van der Waals surface area (Å²) in [4.78, 5) is 15.7. The highest BCUT2D eigenvalue weighted by Gasteiger charge is 2.22. The Labute approximate surface area is 304 Å². The lowest BCUT2D eigenvalue weighted by atomic mass is 9.95. The molecule has 0 amide bonds. The van der Waals surface area contributed by atoms with Crippen molar-refractivity contribution in [1.82, 2.24) is 15.0 Å². The number of hydrogen-bond acceptors (Lipinski definition) is 4. The molecule has 0 saturated heterocycles. The molecule has 0 radical (unpaired) electrons. The predicted octanol–water partition coefficient (Wildman–Crippen LogP) is 13.1. The van der Waals surface area contributed by atoms with Gasteiger partial charge in [-0.05, 0) is 73.1 Å². The molecule has 0 aliphatic rings. The molecule has 11 rings (SSSR count). The molecule has 0 aliphatic heterocycles. The van der Waals surface area contributed by atoms with Crippen LogP contribution < -0.4 is 0 Å². The second kappa shape index (κ2) is 11.7. The van der Waals surface area contributed by atoms with Crippen molar-refractivity contribution >= 4 is 65.0 Å². The average Bonchev–Trinajstić information content (AvgIpc) is 3.60. The van der Waals surface area contributed by atoms with Crippen molar-refractivity contribution < 1.29 is 4.42 Å². The molecular formula is C49H29N3O. The smallest absolute Gasteiger partial charge is 0.164 e. The van der Waals surface area contributed by atoms with Gasteiger partial charge in [0.25, 0.3) is 0 Å². The van der Waals surface area contributed by atoms with Crippen molar-refractivity contribution in [3.8, 4) is 45.3 Å². The summed E-state index contributed by atoms with van der Waals surface area (Å²) < 4.78 is 6.91. The molecule has 9 aromatic carbocycles. The molecule has 0 aliphatic carbocycles. The fraction of sp³-hybridized carbons (Fsp3) is 0. The number of fused-ring (bicyclic) bond motifs is 9. The van der Waals surface area contributed by atoms with Crippen LogP contribution in [0.4, 0.5) is 0 Å². The molecule has 0 bridgehead atoms. The normalized spacial score (nSPS) is 11.8. The van der Waals surface area contributed by atoms with Crippen LogP contribution in [0.3, 0.4) is 0 Å². The fourth-order valence-corrected chi connectivity index (χ4v) is 7.82. The number of hydrogen-bond donors (Lipinski definition) is 0. The van der Waals surface area contributed by atoms with Crippen LogP contribution >= 0.6 is 0 Å². The first-order valence-electron chi connectivity index (χ1n) is 17.8. The maximum atomic E-state index is 6.91. The van der Waals surface area contributed by atoms with Crippen molar-refractivity contribution in [3.05, 3.63) is 176 Å². The van der Waals surface area contributed by atoms with Crippen molar-refractivity contribution in [1.29, 1.82) is 0 Å². The van der Waals surface area contributed by atoms with Crippen LogP contribution in [0.5, 0.6) is 0 Å². The second-order valence-corrected chi connectivity index (χ2v) is 13.6. The molecule has 0 spiro atoms. The van der Waals surface area contributed by atoms with Crippen molar-refractivity contribution in [3.63, 3.8) is 0 Å². The van der Waals surface area contributed by atoms with E-state index in [0.29, 0.717) is 17.5 Å². The van der Waals surface area contributed by atoms with Crippen molar-refractivity contribution in [2.75, 3.05) is 0 Å². The van der Waals surface area contributed by atoms with Gasteiger partial charge in [-0.2, -0.15) is 0 Å². The lowest BCUT2D eigenvalue weighted by Crippen LogP contribution is -2.01. The maximum Gasteiger partial charge on any atom is 0.164 e. The van der Waals surface area contributed by atoms with E-state index in [0.717, 1.165) is 82.1 Å². The number of rotatable bonds is 4. The molecule has 4 heteroatoms. The van der Waals surface area contributed by atoms with E-state index in [1.165, 1.54) is 10.8 Å². The Morgan fingerprint density at radius 1 is 0.321 bits per heavy atom. The van der Waals surface area contributed by atoms with E-state index in [9.17, 15) is 0 Å². The minimum absolute atomic E-state index is 0.598. The van der Waals surface area contributed by atoms with E-state index in [2.05, 4.69) is 170 Å². The maximum absolute atomic E-state index is 6.91.